The van der Waals surface area contributed by atoms with Gasteiger partial charge in [-0.05, 0) is 45.1 Å². The van der Waals surface area contributed by atoms with Crippen LogP contribution >= 0.6 is 0 Å². The second kappa shape index (κ2) is 9.96. The highest BCUT2D eigenvalue weighted by Crippen LogP contribution is 2.37. The highest BCUT2D eigenvalue weighted by atomic mass is 16.3. The summed E-state index contributed by atoms with van der Waals surface area (Å²) in [6.07, 6.45) is 10.5. The number of nitrogens with one attached hydrogen (secondary N) is 2. The first-order valence-corrected chi connectivity index (χ1v) is 11.9. The lowest BCUT2D eigenvalue weighted by molar-refractivity contribution is 0.121. The van der Waals surface area contributed by atoms with E-state index in [9.17, 15) is 5.11 Å². The molecule has 2 fully saturated rings. The van der Waals surface area contributed by atoms with Gasteiger partial charge in [-0.1, -0.05) is 26.2 Å². The van der Waals surface area contributed by atoms with Crippen molar-refractivity contribution >= 4 is 17.2 Å². The summed E-state index contributed by atoms with van der Waals surface area (Å²) in [7, 11) is 0. The monoisotopic (exact) mass is 414 g/mol. The van der Waals surface area contributed by atoms with E-state index in [4.69, 9.17) is 5.10 Å². The van der Waals surface area contributed by atoms with Crippen LogP contribution in [0, 0.1) is 0 Å². The Balaban J connectivity index is 1.61. The van der Waals surface area contributed by atoms with Gasteiger partial charge in [-0.2, -0.15) is 0 Å². The predicted molar refractivity (Wildman–Crippen MR) is 123 cm³/mol. The molecule has 0 bridgehead atoms. The summed E-state index contributed by atoms with van der Waals surface area (Å²) < 4.78 is 2.13. The zero-order valence-corrected chi connectivity index (χ0v) is 18.6. The lowest BCUT2D eigenvalue weighted by Gasteiger charge is -2.28. The molecule has 7 nitrogen and oxygen atoms in total. The summed E-state index contributed by atoms with van der Waals surface area (Å²) in [4.78, 5) is 7.13. The Hall–Kier alpha value is -1.86. The average molecular weight is 415 g/mol. The Morgan fingerprint density at radius 2 is 1.97 bits per heavy atom. The van der Waals surface area contributed by atoms with Gasteiger partial charge in [0.2, 0.25) is 5.95 Å². The molecule has 3 heterocycles. The van der Waals surface area contributed by atoms with E-state index < -0.39 is 0 Å². The van der Waals surface area contributed by atoms with E-state index in [2.05, 4.69) is 44.9 Å². The molecule has 166 valence electrons. The first-order chi connectivity index (χ1) is 14.7. The van der Waals surface area contributed by atoms with Crippen LogP contribution < -0.4 is 15.5 Å². The van der Waals surface area contributed by atoms with Crippen LogP contribution in [0.15, 0.2) is 12.3 Å². The van der Waals surface area contributed by atoms with Crippen molar-refractivity contribution in [3.05, 3.63) is 18.0 Å². The van der Waals surface area contributed by atoms with Crippen LogP contribution in [-0.4, -0.2) is 58.0 Å². The number of aromatic nitrogens is 3. The Bertz CT molecular complexity index is 807. The van der Waals surface area contributed by atoms with Crippen molar-refractivity contribution in [1.82, 2.24) is 19.9 Å². The fourth-order valence-corrected chi connectivity index (χ4v) is 4.88. The molecule has 1 saturated carbocycles. The Kier molecular flexibility index (Phi) is 7.10. The van der Waals surface area contributed by atoms with E-state index in [-0.39, 0.29) is 6.10 Å². The number of rotatable bonds is 8. The van der Waals surface area contributed by atoms with Crippen LogP contribution in [0.25, 0.3) is 5.52 Å². The van der Waals surface area contributed by atoms with Crippen molar-refractivity contribution in [2.24, 2.45) is 0 Å². The van der Waals surface area contributed by atoms with Gasteiger partial charge < -0.3 is 20.6 Å². The summed E-state index contributed by atoms with van der Waals surface area (Å²) in [5.41, 5.74) is 3.62. The van der Waals surface area contributed by atoms with E-state index >= 15 is 0 Å². The molecular weight excluding hydrogens is 376 g/mol. The highest BCUT2D eigenvalue weighted by Gasteiger charge is 2.27. The number of unbranched alkanes of at least 4 members (excludes halogenated alkanes) is 2. The van der Waals surface area contributed by atoms with Crippen LogP contribution in [0.1, 0.15) is 76.8 Å². The largest absolute Gasteiger partial charge is 0.393 e. The third kappa shape index (κ3) is 4.89. The molecule has 2 aliphatic rings. The van der Waals surface area contributed by atoms with Crippen molar-refractivity contribution in [2.75, 3.05) is 36.4 Å². The molecular formula is C23H38N6O. The summed E-state index contributed by atoms with van der Waals surface area (Å²) in [5.74, 6) is 1.16. The highest BCUT2D eigenvalue weighted by molar-refractivity contribution is 5.75. The van der Waals surface area contributed by atoms with Gasteiger partial charge in [0, 0.05) is 43.8 Å². The molecule has 0 spiro atoms. The molecule has 2 aromatic heterocycles. The van der Waals surface area contributed by atoms with Crippen LogP contribution in [0.5, 0.6) is 0 Å². The molecule has 30 heavy (non-hydrogen) atoms. The minimum atomic E-state index is -0.143. The standard InChI is InChI=1S/C23H38N6O/c1-3-4-5-6-17(2)26-23-25-16-22-21(28-13-11-24-12-14-28)15-20(29(22)27-23)18-7-9-19(30)10-8-18/h15-19,24,30H,3-14H2,1-2H3,(H,26,27)/t17-,18?,19?/m0/s1. The van der Waals surface area contributed by atoms with Crippen LogP contribution in [0.4, 0.5) is 11.6 Å². The summed E-state index contributed by atoms with van der Waals surface area (Å²) in [6, 6.07) is 2.71. The Morgan fingerprint density at radius 3 is 2.70 bits per heavy atom. The smallest absolute Gasteiger partial charge is 0.241 e. The minimum Gasteiger partial charge on any atom is -0.393 e. The first kappa shape index (κ1) is 21.4. The van der Waals surface area contributed by atoms with E-state index in [1.807, 2.05) is 6.20 Å². The van der Waals surface area contributed by atoms with Gasteiger partial charge in [0.25, 0.3) is 0 Å². The molecule has 4 rings (SSSR count). The normalized spacial score (nSPS) is 23.6. The number of nitrogens with zero attached hydrogens (tertiary/aromatic N) is 4. The van der Waals surface area contributed by atoms with Crippen LogP contribution in [0.3, 0.4) is 0 Å². The van der Waals surface area contributed by atoms with Crippen molar-refractivity contribution < 1.29 is 5.11 Å². The number of hydrogen-bond donors (Lipinski definition) is 3. The zero-order valence-electron chi connectivity index (χ0n) is 18.6. The van der Waals surface area contributed by atoms with E-state index in [1.54, 1.807) is 0 Å². The van der Waals surface area contributed by atoms with Gasteiger partial charge in [-0.15, -0.1) is 5.10 Å². The van der Waals surface area contributed by atoms with Crippen molar-refractivity contribution in [2.45, 2.75) is 83.3 Å². The van der Waals surface area contributed by atoms with Crippen molar-refractivity contribution in [3.63, 3.8) is 0 Å². The molecule has 0 aromatic carbocycles. The molecule has 2 aromatic rings. The molecule has 0 unspecified atom stereocenters. The van der Waals surface area contributed by atoms with Crippen LogP contribution in [-0.2, 0) is 0 Å². The second-order valence-electron chi connectivity index (χ2n) is 9.12. The lowest BCUT2D eigenvalue weighted by atomic mass is 9.85. The summed E-state index contributed by atoms with van der Waals surface area (Å²) in [5, 5.41) is 21.9. The van der Waals surface area contributed by atoms with Gasteiger partial charge in [0.1, 0.15) is 5.52 Å². The average Bonchev–Trinajstić information content (AvgIpc) is 3.14. The third-order valence-corrected chi connectivity index (χ3v) is 6.71. The fourth-order valence-electron chi connectivity index (χ4n) is 4.88. The number of aliphatic hydroxyl groups excluding tert-OH is 1. The number of anilines is 2. The lowest BCUT2D eigenvalue weighted by Crippen LogP contribution is -2.43. The molecule has 1 saturated heterocycles. The topological polar surface area (TPSA) is 77.7 Å². The minimum absolute atomic E-state index is 0.143. The number of fused-ring (bicyclic) bond motifs is 1. The van der Waals surface area contributed by atoms with E-state index in [0.29, 0.717) is 17.9 Å². The maximum atomic E-state index is 9.97. The van der Waals surface area contributed by atoms with Gasteiger partial charge >= 0.3 is 0 Å². The molecule has 3 N–H and O–H groups in total. The van der Waals surface area contributed by atoms with E-state index in [0.717, 1.165) is 63.8 Å². The molecule has 1 aliphatic heterocycles. The molecule has 0 radical (unpaired) electrons. The molecule has 1 aliphatic carbocycles. The van der Waals surface area contributed by atoms with Gasteiger partial charge in [0.05, 0.1) is 18.0 Å². The van der Waals surface area contributed by atoms with Crippen molar-refractivity contribution in [1.29, 1.82) is 0 Å². The summed E-state index contributed by atoms with van der Waals surface area (Å²) >= 11 is 0. The number of piperazine rings is 1. The van der Waals surface area contributed by atoms with Gasteiger partial charge in [-0.3, -0.25) is 0 Å². The second-order valence-corrected chi connectivity index (χ2v) is 9.12. The van der Waals surface area contributed by atoms with Crippen LogP contribution in [0.2, 0.25) is 0 Å². The maximum Gasteiger partial charge on any atom is 0.241 e. The Morgan fingerprint density at radius 1 is 1.20 bits per heavy atom. The molecule has 7 heteroatoms. The maximum absolute atomic E-state index is 9.97. The molecule has 1 atom stereocenters. The quantitative estimate of drug-likeness (QED) is 0.574. The zero-order chi connectivity index (χ0) is 20.9. The van der Waals surface area contributed by atoms with Crippen molar-refractivity contribution in [3.8, 4) is 0 Å². The number of hydrogen-bond acceptors (Lipinski definition) is 6. The summed E-state index contributed by atoms with van der Waals surface area (Å²) in [6.45, 7) is 8.50. The SMILES string of the molecule is CCCCC[C@H](C)Nc1ncc2c(N3CCNCC3)cc(C3CCC(O)CC3)n2n1. The van der Waals surface area contributed by atoms with E-state index in [1.165, 1.54) is 30.6 Å². The fraction of sp³-hybridized carbons (Fsp3) is 0.739. The first-order valence-electron chi connectivity index (χ1n) is 11.9. The third-order valence-electron chi connectivity index (χ3n) is 6.71. The number of aliphatic hydroxyl groups is 1. The Labute approximate surface area is 180 Å². The van der Waals surface area contributed by atoms with Gasteiger partial charge in [-0.25, -0.2) is 9.50 Å². The molecule has 0 amide bonds. The van der Waals surface area contributed by atoms with Gasteiger partial charge in [0.15, 0.2) is 0 Å². The predicted octanol–water partition coefficient (Wildman–Crippen LogP) is 3.54.